The molecule has 14 nitrogen and oxygen atoms in total. The summed E-state index contributed by atoms with van der Waals surface area (Å²) in [7, 11) is 0. The minimum absolute atomic E-state index is 0.242. The molecule has 2 aliphatic rings. The monoisotopic (exact) mass is 1250 g/mol. The van der Waals surface area contributed by atoms with Crippen molar-refractivity contribution in [2.75, 3.05) is 19.8 Å². The van der Waals surface area contributed by atoms with Gasteiger partial charge in [0.2, 0.25) is 5.91 Å². The summed E-state index contributed by atoms with van der Waals surface area (Å²) in [6, 6.07) is -0.954. The van der Waals surface area contributed by atoms with E-state index in [2.05, 4.69) is 141 Å². The highest BCUT2D eigenvalue weighted by Gasteiger charge is 2.51. The van der Waals surface area contributed by atoms with E-state index in [0.29, 0.717) is 12.8 Å². The van der Waals surface area contributed by atoms with Crippen LogP contribution in [0.3, 0.4) is 0 Å². The molecule has 2 aliphatic heterocycles. The molecule has 0 spiro atoms. The zero-order valence-corrected chi connectivity index (χ0v) is 55.1. The van der Waals surface area contributed by atoms with Crippen LogP contribution in [0.1, 0.15) is 239 Å². The first-order valence-corrected chi connectivity index (χ1v) is 34.9. The van der Waals surface area contributed by atoms with E-state index in [0.717, 1.165) is 103 Å². The van der Waals surface area contributed by atoms with E-state index >= 15 is 0 Å². The number of carbonyl (C=O) groups is 1. The average Bonchev–Trinajstić information content (AvgIpc) is 2.75. The fraction of sp³-hybridized carbons (Fsp3) is 0.693. The van der Waals surface area contributed by atoms with Crippen LogP contribution in [0.4, 0.5) is 0 Å². The summed E-state index contributed by atoms with van der Waals surface area (Å²) < 4.78 is 22.8. The van der Waals surface area contributed by atoms with Gasteiger partial charge >= 0.3 is 0 Å². The van der Waals surface area contributed by atoms with Crippen molar-refractivity contribution in [1.82, 2.24) is 5.32 Å². The van der Waals surface area contributed by atoms with E-state index in [1.165, 1.54) is 103 Å². The second-order valence-electron chi connectivity index (χ2n) is 23.9. The zero-order valence-electron chi connectivity index (χ0n) is 55.1. The quantitative estimate of drug-likeness (QED) is 0.0204. The first kappa shape index (κ1) is 81.2. The normalized spacial score (nSPS) is 23.9. The van der Waals surface area contributed by atoms with Gasteiger partial charge in [0.05, 0.1) is 32.0 Å². The number of ether oxygens (including phenoxy) is 4. The van der Waals surface area contributed by atoms with Gasteiger partial charge in [0.1, 0.15) is 48.8 Å². The van der Waals surface area contributed by atoms with Crippen molar-refractivity contribution in [3.05, 3.63) is 134 Å². The number of aliphatic hydroxyl groups is 8. The number of hydrogen-bond acceptors (Lipinski definition) is 13. The summed E-state index contributed by atoms with van der Waals surface area (Å²) in [5, 5.41) is 87.4. The number of hydrogen-bond donors (Lipinski definition) is 9. The highest BCUT2D eigenvalue weighted by atomic mass is 16.7. The molecule has 1 amide bonds. The third-order valence-corrected chi connectivity index (χ3v) is 16.1. The number of carbonyl (C=O) groups excluding carboxylic acids is 1. The summed E-state index contributed by atoms with van der Waals surface area (Å²) in [5.74, 6) is -0.272. The summed E-state index contributed by atoms with van der Waals surface area (Å²) in [6.07, 6.45) is 69.2. The minimum Gasteiger partial charge on any atom is -0.394 e. The molecule has 14 heteroatoms. The number of nitrogens with one attached hydrogen (secondary N) is 1. The molecule has 0 aromatic rings. The van der Waals surface area contributed by atoms with Crippen LogP contribution in [-0.4, -0.2) is 140 Å². The van der Waals surface area contributed by atoms with Crippen molar-refractivity contribution >= 4 is 5.91 Å². The average molecular weight is 1250 g/mol. The topological polar surface area (TPSA) is 228 Å². The van der Waals surface area contributed by atoms with Gasteiger partial charge in [0, 0.05) is 6.42 Å². The Morgan fingerprint density at radius 3 is 1.24 bits per heavy atom. The second kappa shape index (κ2) is 58.0. The van der Waals surface area contributed by atoms with Crippen molar-refractivity contribution < 1.29 is 64.6 Å². The molecule has 2 rings (SSSR count). The summed E-state index contributed by atoms with van der Waals surface area (Å²) in [6.45, 7) is 2.66. The molecule has 0 aliphatic carbocycles. The summed E-state index contributed by atoms with van der Waals surface area (Å²) in [5.41, 5.74) is 0. The van der Waals surface area contributed by atoms with E-state index in [1.54, 1.807) is 6.08 Å². The molecule has 0 aromatic carbocycles. The van der Waals surface area contributed by atoms with E-state index in [1.807, 2.05) is 6.08 Å². The van der Waals surface area contributed by atoms with Gasteiger partial charge in [-0.15, -0.1) is 0 Å². The predicted molar refractivity (Wildman–Crippen MR) is 364 cm³/mol. The molecule has 0 radical (unpaired) electrons. The maximum absolute atomic E-state index is 13.3. The van der Waals surface area contributed by atoms with Crippen molar-refractivity contribution in [3.63, 3.8) is 0 Å². The Morgan fingerprint density at radius 1 is 0.416 bits per heavy atom. The molecule has 0 aromatic heterocycles. The van der Waals surface area contributed by atoms with E-state index < -0.39 is 86.8 Å². The number of aliphatic hydroxyl groups excluding tert-OH is 8. The van der Waals surface area contributed by atoms with Crippen molar-refractivity contribution in [2.45, 2.75) is 312 Å². The lowest BCUT2D eigenvalue weighted by molar-refractivity contribution is -0.359. The minimum atomic E-state index is -1.80. The van der Waals surface area contributed by atoms with Gasteiger partial charge in [-0.1, -0.05) is 263 Å². The Labute approximate surface area is 539 Å². The third-order valence-electron chi connectivity index (χ3n) is 16.1. The smallest absolute Gasteiger partial charge is 0.220 e. The zero-order chi connectivity index (χ0) is 64.5. The van der Waals surface area contributed by atoms with E-state index in [9.17, 15) is 45.6 Å². The van der Waals surface area contributed by atoms with Gasteiger partial charge < -0.3 is 65.1 Å². The van der Waals surface area contributed by atoms with Crippen LogP contribution >= 0.6 is 0 Å². The lowest BCUT2D eigenvalue weighted by Crippen LogP contribution is -2.65. The Morgan fingerprint density at radius 2 is 0.787 bits per heavy atom. The fourth-order valence-electron chi connectivity index (χ4n) is 10.5. The maximum Gasteiger partial charge on any atom is 0.220 e. The maximum atomic E-state index is 13.3. The number of amides is 1. The Bertz CT molecular complexity index is 2010. The molecule has 2 fully saturated rings. The van der Waals surface area contributed by atoms with Crippen LogP contribution < -0.4 is 5.32 Å². The standard InChI is InChI=1S/C75H125NO13/c1-3-5-7-9-11-13-15-17-19-21-23-25-27-28-29-30-31-32-33-34-35-36-37-39-41-43-45-47-49-51-53-55-57-59-67(80)76-63(62-86-74-72(85)70(83)73(66(61-78)88-74)89-75-71(84)69(82)68(81)65(60-77)87-75)64(79)58-56-54-52-50-48-46-44-42-40-38-26-24-22-20-18-16-14-12-10-8-6-4-2/h5,7,11,13,17,19,23,25,28-29,31-32,34-35,37,39,43,45,48,50,56,58,63-66,68-75,77-79,81-85H,3-4,6,8-10,12,14-16,18,20-22,24,26-27,30,33,36,38,40-42,44,46-47,49,51-55,57,59-62H2,1-2H3,(H,76,80)/b7-5-,13-11-,19-17-,25-23-,29-28-,32-31-,35-34-,39-37-,45-43-,50-48+,58-56+. The molecule has 2 heterocycles. The molecule has 12 atom stereocenters. The molecule has 508 valence electrons. The highest BCUT2D eigenvalue weighted by molar-refractivity contribution is 5.76. The van der Waals surface area contributed by atoms with Crippen molar-refractivity contribution in [1.29, 1.82) is 0 Å². The van der Waals surface area contributed by atoms with Gasteiger partial charge in [0.25, 0.3) is 0 Å². The molecule has 12 unspecified atom stereocenters. The largest absolute Gasteiger partial charge is 0.394 e. The predicted octanol–water partition coefficient (Wildman–Crippen LogP) is 14.3. The second-order valence-corrected chi connectivity index (χ2v) is 23.9. The van der Waals surface area contributed by atoms with Crippen molar-refractivity contribution in [3.8, 4) is 0 Å². The fourth-order valence-corrected chi connectivity index (χ4v) is 10.5. The van der Waals surface area contributed by atoms with Crippen LogP contribution in [0.15, 0.2) is 134 Å². The molecular weight excluding hydrogens is 1120 g/mol. The van der Waals surface area contributed by atoms with Gasteiger partial charge in [-0.05, 0) is 103 Å². The molecule has 0 saturated carbocycles. The molecule has 89 heavy (non-hydrogen) atoms. The summed E-state index contributed by atoms with van der Waals surface area (Å²) >= 11 is 0. The number of rotatable bonds is 55. The third kappa shape index (κ3) is 42.1. The van der Waals surface area contributed by atoms with Crippen molar-refractivity contribution in [2.24, 2.45) is 0 Å². The Hall–Kier alpha value is -3.87. The molecule has 9 N–H and O–H groups in total. The Kier molecular flexibility index (Phi) is 52.9. The lowest BCUT2D eigenvalue weighted by Gasteiger charge is -2.46. The number of allylic oxidation sites excluding steroid dienone is 21. The summed E-state index contributed by atoms with van der Waals surface area (Å²) in [4.78, 5) is 13.3. The van der Waals surface area contributed by atoms with Gasteiger partial charge in [-0.2, -0.15) is 0 Å². The first-order chi connectivity index (χ1) is 43.6. The van der Waals surface area contributed by atoms with Gasteiger partial charge in [-0.25, -0.2) is 0 Å². The Balaban J connectivity index is 1.72. The van der Waals surface area contributed by atoms with Gasteiger partial charge in [0.15, 0.2) is 12.6 Å². The van der Waals surface area contributed by atoms with Crippen LogP contribution in [0.5, 0.6) is 0 Å². The SMILES string of the molecule is CC/C=C\C/C=C\C/C=C\C/C=C\C/C=C\C/C=C\C/C=C\C/C=C\C/C=C\CCCCCCCC(=O)NC(COC1OC(CO)C(OC2OC(CO)C(O)C(O)C2O)C(O)C1O)C(O)/C=C/CC/C=C/CCCCCCCCCCCCCCCCCC. The van der Waals surface area contributed by atoms with E-state index in [-0.39, 0.29) is 18.9 Å². The van der Waals surface area contributed by atoms with Crippen LogP contribution in [0.2, 0.25) is 0 Å². The highest BCUT2D eigenvalue weighted by Crippen LogP contribution is 2.30. The lowest BCUT2D eigenvalue weighted by atomic mass is 9.97. The molecular formula is C75H125NO13. The van der Waals surface area contributed by atoms with Gasteiger partial charge in [-0.3, -0.25) is 4.79 Å². The number of unbranched alkanes of at least 4 members (excludes halogenated alkanes) is 22. The van der Waals surface area contributed by atoms with Crippen LogP contribution in [0.25, 0.3) is 0 Å². The van der Waals surface area contributed by atoms with E-state index in [4.69, 9.17) is 18.9 Å². The van der Waals surface area contributed by atoms with Crippen LogP contribution in [0, 0.1) is 0 Å². The van der Waals surface area contributed by atoms with Crippen LogP contribution in [-0.2, 0) is 23.7 Å². The first-order valence-electron chi connectivity index (χ1n) is 34.9. The molecule has 2 saturated heterocycles. The molecule has 0 bridgehead atoms.